The van der Waals surface area contributed by atoms with Gasteiger partial charge in [-0.25, -0.2) is 13.8 Å². The Labute approximate surface area is 168 Å². The van der Waals surface area contributed by atoms with Crippen LogP contribution in [0.4, 0.5) is 14.5 Å². The molecular weight excluding hydrogens is 396 g/mol. The van der Waals surface area contributed by atoms with Crippen molar-refractivity contribution in [3.63, 3.8) is 0 Å². The molecule has 0 radical (unpaired) electrons. The van der Waals surface area contributed by atoms with Crippen LogP contribution in [0, 0.1) is 18.6 Å². The van der Waals surface area contributed by atoms with Gasteiger partial charge in [-0.2, -0.15) is 0 Å². The maximum atomic E-state index is 13.7. The predicted molar refractivity (Wildman–Crippen MR) is 109 cm³/mol. The molecule has 146 valence electrons. The Balaban J connectivity index is 1.69. The maximum absolute atomic E-state index is 13.7. The molecule has 2 heterocycles. The quantitative estimate of drug-likeness (QED) is 0.543. The molecule has 0 saturated heterocycles. The van der Waals surface area contributed by atoms with Crippen molar-refractivity contribution in [1.82, 2.24) is 9.55 Å². The van der Waals surface area contributed by atoms with Crippen molar-refractivity contribution in [2.75, 3.05) is 5.32 Å². The fraction of sp³-hybridized carbons (Fsp3) is 0.0952. The summed E-state index contributed by atoms with van der Waals surface area (Å²) < 4.78 is 27.9. The number of benzene rings is 2. The summed E-state index contributed by atoms with van der Waals surface area (Å²) in [6.07, 6.45) is 1.30. The summed E-state index contributed by atoms with van der Waals surface area (Å²) in [7, 11) is 0. The van der Waals surface area contributed by atoms with E-state index in [0.717, 1.165) is 28.1 Å². The number of aromatic nitrogens is 2. The largest absolute Gasteiger partial charge is 0.322 e. The number of aryl methyl sites for hydroxylation is 1. The summed E-state index contributed by atoms with van der Waals surface area (Å²) in [5.74, 6) is -2.25. The molecule has 5 nitrogen and oxygen atoms in total. The van der Waals surface area contributed by atoms with Gasteiger partial charge < -0.3 is 5.32 Å². The highest BCUT2D eigenvalue weighted by Gasteiger charge is 2.18. The van der Waals surface area contributed by atoms with Crippen LogP contribution in [-0.4, -0.2) is 15.5 Å². The van der Waals surface area contributed by atoms with Crippen LogP contribution in [0.5, 0.6) is 0 Å². The van der Waals surface area contributed by atoms with E-state index in [1.807, 2.05) is 37.3 Å². The molecule has 0 spiro atoms. The smallest absolute Gasteiger partial charge is 0.263 e. The molecule has 29 heavy (non-hydrogen) atoms. The van der Waals surface area contributed by atoms with E-state index < -0.39 is 17.5 Å². The van der Waals surface area contributed by atoms with E-state index in [1.54, 1.807) is 0 Å². The van der Waals surface area contributed by atoms with Gasteiger partial charge in [0.2, 0.25) is 5.91 Å². The van der Waals surface area contributed by atoms with Gasteiger partial charge in [0.25, 0.3) is 5.56 Å². The summed E-state index contributed by atoms with van der Waals surface area (Å²) in [6, 6.07) is 12.3. The van der Waals surface area contributed by atoms with Gasteiger partial charge in [-0.05, 0) is 24.6 Å². The zero-order chi connectivity index (χ0) is 20.5. The molecule has 0 bridgehead atoms. The number of amides is 1. The number of nitrogens with one attached hydrogen (secondary N) is 1. The Hall–Kier alpha value is -3.39. The molecule has 0 aliphatic rings. The van der Waals surface area contributed by atoms with Crippen LogP contribution in [0.25, 0.3) is 21.3 Å². The molecule has 2 aromatic carbocycles. The lowest BCUT2D eigenvalue weighted by Gasteiger charge is -2.09. The lowest BCUT2D eigenvalue weighted by Crippen LogP contribution is -2.28. The first-order valence-electron chi connectivity index (χ1n) is 8.73. The van der Waals surface area contributed by atoms with Crippen molar-refractivity contribution in [2.24, 2.45) is 0 Å². The second-order valence-corrected chi connectivity index (χ2v) is 7.63. The van der Waals surface area contributed by atoms with E-state index in [1.165, 1.54) is 22.2 Å². The Morgan fingerprint density at radius 1 is 1.17 bits per heavy atom. The standard InChI is InChI=1S/C21H15F2N3O2S/c1-12-18(13-5-3-2-4-6-13)19-20(29-12)24-11-26(21(19)28)10-17(27)25-16-8-7-14(22)9-15(16)23/h2-9,11H,10H2,1H3,(H,25,27). The number of fused-ring (bicyclic) bond motifs is 1. The van der Waals surface area contributed by atoms with Gasteiger partial charge >= 0.3 is 0 Å². The maximum Gasteiger partial charge on any atom is 0.263 e. The molecule has 1 N–H and O–H groups in total. The molecule has 4 rings (SSSR count). The van der Waals surface area contributed by atoms with E-state index in [2.05, 4.69) is 10.3 Å². The molecule has 0 saturated carbocycles. The fourth-order valence-corrected chi connectivity index (χ4v) is 4.14. The number of hydrogen-bond donors (Lipinski definition) is 1. The van der Waals surface area contributed by atoms with Crippen LogP contribution in [0.1, 0.15) is 4.88 Å². The zero-order valence-corrected chi connectivity index (χ0v) is 16.1. The average Bonchev–Trinajstić information content (AvgIpc) is 3.04. The minimum absolute atomic E-state index is 0.158. The molecule has 0 fully saturated rings. The number of anilines is 1. The number of nitrogens with zero attached hydrogens (tertiary/aromatic N) is 2. The number of rotatable bonds is 4. The highest BCUT2D eigenvalue weighted by atomic mass is 32.1. The summed E-state index contributed by atoms with van der Waals surface area (Å²) in [4.78, 5) is 31.2. The van der Waals surface area contributed by atoms with Crippen LogP contribution in [0.15, 0.2) is 59.7 Å². The third kappa shape index (κ3) is 3.66. The monoisotopic (exact) mass is 411 g/mol. The fourth-order valence-electron chi connectivity index (χ4n) is 3.14. The number of hydrogen-bond acceptors (Lipinski definition) is 4. The summed E-state index contributed by atoms with van der Waals surface area (Å²) in [6.45, 7) is 1.57. The molecule has 1 amide bonds. The number of thiophene rings is 1. The van der Waals surface area contributed by atoms with Gasteiger partial charge in [0.05, 0.1) is 17.4 Å². The highest BCUT2D eigenvalue weighted by Crippen LogP contribution is 2.35. The molecule has 2 aromatic heterocycles. The van der Waals surface area contributed by atoms with Crippen LogP contribution in [0.3, 0.4) is 0 Å². The normalized spacial score (nSPS) is 11.0. The molecular formula is C21H15F2N3O2S. The van der Waals surface area contributed by atoms with Crippen LogP contribution in [0.2, 0.25) is 0 Å². The van der Waals surface area contributed by atoms with Gasteiger partial charge in [-0.15, -0.1) is 11.3 Å². The van der Waals surface area contributed by atoms with Crippen molar-refractivity contribution >= 4 is 33.1 Å². The molecule has 4 aromatic rings. The third-order valence-corrected chi connectivity index (χ3v) is 5.45. The van der Waals surface area contributed by atoms with Gasteiger partial charge in [0, 0.05) is 16.5 Å². The molecule has 8 heteroatoms. The topological polar surface area (TPSA) is 64.0 Å². The summed E-state index contributed by atoms with van der Waals surface area (Å²) in [5, 5.41) is 2.79. The van der Waals surface area contributed by atoms with Crippen molar-refractivity contribution in [3.8, 4) is 11.1 Å². The van der Waals surface area contributed by atoms with Crippen molar-refractivity contribution in [2.45, 2.75) is 13.5 Å². The molecule has 0 aliphatic heterocycles. The summed E-state index contributed by atoms with van der Waals surface area (Å²) >= 11 is 1.41. The Kier molecular flexibility index (Phi) is 4.94. The van der Waals surface area contributed by atoms with Crippen molar-refractivity contribution < 1.29 is 13.6 Å². The second-order valence-electron chi connectivity index (χ2n) is 6.43. The van der Waals surface area contributed by atoms with Gasteiger partial charge in [-0.3, -0.25) is 14.2 Å². The van der Waals surface area contributed by atoms with Crippen LogP contribution < -0.4 is 10.9 Å². The Morgan fingerprint density at radius 2 is 1.93 bits per heavy atom. The zero-order valence-electron chi connectivity index (χ0n) is 15.3. The minimum atomic E-state index is -0.890. The van der Waals surface area contributed by atoms with Gasteiger partial charge in [0.1, 0.15) is 23.0 Å². The first-order valence-corrected chi connectivity index (χ1v) is 9.54. The van der Waals surface area contributed by atoms with Gasteiger partial charge in [0.15, 0.2) is 0 Å². The van der Waals surface area contributed by atoms with E-state index in [9.17, 15) is 18.4 Å². The van der Waals surface area contributed by atoms with Gasteiger partial charge in [-0.1, -0.05) is 30.3 Å². The lowest BCUT2D eigenvalue weighted by molar-refractivity contribution is -0.116. The Bertz CT molecular complexity index is 1280. The molecule has 0 aliphatic carbocycles. The van der Waals surface area contributed by atoms with Crippen LogP contribution in [-0.2, 0) is 11.3 Å². The van der Waals surface area contributed by atoms with Crippen molar-refractivity contribution in [1.29, 1.82) is 0 Å². The number of carbonyl (C=O) groups is 1. The average molecular weight is 411 g/mol. The van der Waals surface area contributed by atoms with Crippen molar-refractivity contribution in [3.05, 3.63) is 81.7 Å². The highest BCUT2D eigenvalue weighted by molar-refractivity contribution is 7.19. The number of halogens is 2. The third-order valence-electron chi connectivity index (χ3n) is 4.44. The van der Waals surface area contributed by atoms with E-state index in [-0.39, 0.29) is 17.8 Å². The molecule has 0 atom stereocenters. The first kappa shape index (κ1) is 18.9. The van der Waals surface area contributed by atoms with E-state index in [4.69, 9.17) is 0 Å². The minimum Gasteiger partial charge on any atom is -0.322 e. The first-order chi connectivity index (χ1) is 13.9. The van der Waals surface area contributed by atoms with Crippen LogP contribution >= 0.6 is 11.3 Å². The Morgan fingerprint density at radius 3 is 2.66 bits per heavy atom. The SMILES string of the molecule is Cc1sc2ncn(CC(=O)Nc3ccc(F)cc3F)c(=O)c2c1-c1ccccc1. The predicted octanol–water partition coefficient (Wildman–Crippen LogP) is 4.35. The number of carbonyl (C=O) groups excluding carboxylic acids is 1. The molecule has 0 unspecified atom stereocenters. The second kappa shape index (κ2) is 7.56. The van der Waals surface area contributed by atoms with E-state index >= 15 is 0 Å². The lowest BCUT2D eigenvalue weighted by atomic mass is 10.0. The van der Waals surface area contributed by atoms with E-state index in [0.29, 0.717) is 16.3 Å². The summed E-state index contributed by atoms with van der Waals surface area (Å²) in [5.41, 5.74) is 1.18.